The Kier molecular flexibility index (Phi) is 7.25. The normalized spacial score (nSPS) is 11.6. The summed E-state index contributed by atoms with van der Waals surface area (Å²) in [5.41, 5.74) is 2.73. The fourth-order valence-corrected chi connectivity index (χ4v) is 2.65. The molecule has 0 aliphatic heterocycles. The Bertz CT molecular complexity index is 835. The molecule has 0 fully saturated rings. The van der Waals surface area contributed by atoms with Gasteiger partial charge in [0.15, 0.2) is 6.10 Å². The molecular formula is C21H24ClNO4. The molecule has 0 unspecified atom stereocenters. The van der Waals surface area contributed by atoms with E-state index in [0.717, 1.165) is 11.1 Å². The Labute approximate surface area is 164 Å². The number of hydrogen-bond acceptors (Lipinski definition) is 4. The number of anilines is 1. The molecule has 2 aromatic rings. The zero-order valence-electron chi connectivity index (χ0n) is 16.0. The largest absolute Gasteiger partial charge is 0.481 e. The molecule has 0 aliphatic rings. The van der Waals surface area contributed by atoms with Crippen LogP contribution in [-0.4, -0.2) is 24.6 Å². The summed E-state index contributed by atoms with van der Waals surface area (Å²) in [6.07, 6.45) is -0.136. The summed E-state index contributed by atoms with van der Waals surface area (Å²) in [7, 11) is 0. The molecule has 1 atom stereocenters. The van der Waals surface area contributed by atoms with E-state index in [-0.39, 0.29) is 11.9 Å². The number of carbonyl (C=O) groups excluding carboxylic acids is 2. The molecule has 144 valence electrons. The zero-order chi connectivity index (χ0) is 20.0. The van der Waals surface area contributed by atoms with Crippen LogP contribution in [0.15, 0.2) is 36.4 Å². The lowest BCUT2D eigenvalue weighted by molar-refractivity contribution is -0.122. The van der Waals surface area contributed by atoms with Crippen molar-refractivity contribution in [3.63, 3.8) is 0 Å². The lowest BCUT2D eigenvalue weighted by Gasteiger charge is -2.19. The molecule has 6 heteroatoms. The van der Waals surface area contributed by atoms with Gasteiger partial charge in [-0.2, -0.15) is 0 Å². The molecule has 0 radical (unpaired) electrons. The number of aryl methyl sites for hydroxylation is 2. The standard InChI is InChI=1S/C21H24ClNO4/c1-5-19(27-16-8-9-17(22)13(3)12-16)20(24)23-18-10-7-15(11-14(18)4)21(25)26-6-2/h7-12,19H,5-6H2,1-4H3,(H,23,24)/t19-/m1/s1. The lowest BCUT2D eigenvalue weighted by Crippen LogP contribution is -2.32. The molecular weight excluding hydrogens is 366 g/mol. The van der Waals surface area contributed by atoms with Gasteiger partial charge in [-0.05, 0) is 74.7 Å². The van der Waals surface area contributed by atoms with Crippen LogP contribution in [-0.2, 0) is 9.53 Å². The van der Waals surface area contributed by atoms with Crippen LogP contribution in [0, 0.1) is 13.8 Å². The molecule has 1 N–H and O–H groups in total. The molecule has 27 heavy (non-hydrogen) atoms. The van der Waals surface area contributed by atoms with E-state index in [0.29, 0.717) is 35.1 Å². The molecule has 2 aromatic carbocycles. The zero-order valence-corrected chi connectivity index (χ0v) is 16.7. The van der Waals surface area contributed by atoms with Gasteiger partial charge in [-0.15, -0.1) is 0 Å². The van der Waals surface area contributed by atoms with Gasteiger partial charge in [0.2, 0.25) is 0 Å². The van der Waals surface area contributed by atoms with E-state index in [4.69, 9.17) is 21.1 Å². The van der Waals surface area contributed by atoms with E-state index in [2.05, 4.69) is 5.32 Å². The highest BCUT2D eigenvalue weighted by atomic mass is 35.5. The topological polar surface area (TPSA) is 64.6 Å². The van der Waals surface area contributed by atoms with E-state index in [1.54, 1.807) is 43.3 Å². The Morgan fingerprint density at radius 3 is 2.41 bits per heavy atom. The van der Waals surface area contributed by atoms with Crippen LogP contribution < -0.4 is 10.1 Å². The Hall–Kier alpha value is -2.53. The quantitative estimate of drug-likeness (QED) is 0.682. The van der Waals surface area contributed by atoms with Gasteiger partial charge >= 0.3 is 5.97 Å². The number of ether oxygens (including phenoxy) is 2. The average Bonchev–Trinajstić information content (AvgIpc) is 2.64. The number of carbonyl (C=O) groups is 2. The molecule has 5 nitrogen and oxygen atoms in total. The highest BCUT2D eigenvalue weighted by molar-refractivity contribution is 6.31. The van der Waals surface area contributed by atoms with Crippen molar-refractivity contribution in [2.75, 3.05) is 11.9 Å². The third-order valence-electron chi connectivity index (χ3n) is 4.07. The number of halogens is 1. The molecule has 0 heterocycles. The molecule has 0 saturated heterocycles. The smallest absolute Gasteiger partial charge is 0.338 e. The maximum absolute atomic E-state index is 12.6. The van der Waals surface area contributed by atoms with Crippen molar-refractivity contribution < 1.29 is 19.1 Å². The van der Waals surface area contributed by atoms with Gasteiger partial charge in [-0.1, -0.05) is 18.5 Å². The highest BCUT2D eigenvalue weighted by Crippen LogP contribution is 2.23. The SMILES string of the molecule is CCOC(=O)c1ccc(NC(=O)[C@@H](CC)Oc2ccc(Cl)c(C)c2)c(C)c1. The van der Waals surface area contributed by atoms with Gasteiger partial charge < -0.3 is 14.8 Å². The van der Waals surface area contributed by atoms with Crippen LogP contribution in [0.2, 0.25) is 5.02 Å². The Balaban J connectivity index is 2.09. The van der Waals surface area contributed by atoms with Crippen molar-refractivity contribution in [3.8, 4) is 5.75 Å². The predicted molar refractivity (Wildman–Crippen MR) is 107 cm³/mol. The van der Waals surface area contributed by atoms with Crippen LogP contribution in [0.4, 0.5) is 5.69 Å². The van der Waals surface area contributed by atoms with Gasteiger partial charge in [0.05, 0.1) is 12.2 Å². The van der Waals surface area contributed by atoms with Crippen molar-refractivity contribution in [3.05, 3.63) is 58.1 Å². The summed E-state index contributed by atoms with van der Waals surface area (Å²) in [5, 5.41) is 3.51. The van der Waals surface area contributed by atoms with Crippen molar-refractivity contribution in [1.82, 2.24) is 0 Å². The molecule has 0 bridgehead atoms. The Morgan fingerprint density at radius 2 is 1.81 bits per heavy atom. The molecule has 1 amide bonds. The van der Waals surface area contributed by atoms with E-state index >= 15 is 0 Å². The fourth-order valence-electron chi connectivity index (χ4n) is 2.54. The number of amides is 1. The second-order valence-electron chi connectivity index (χ2n) is 6.17. The fraction of sp³-hybridized carbons (Fsp3) is 0.333. The van der Waals surface area contributed by atoms with Gasteiger partial charge in [-0.25, -0.2) is 4.79 Å². The molecule has 2 rings (SSSR count). The first kappa shape index (κ1) is 20.8. The van der Waals surface area contributed by atoms with Crippen molar-refractivity contribution in [1.29, 1.82) is 0 Å². The summed E-state index contributed by atoms with van der Waals surface area (Å²) in [5.74, 6) is -0.0447. The van der Waals surface area contributed by atoms with E-state index < -0.39 is 6.10 Å². The second kappa shape index (κ2) is 9.42. The molecule has 0 aliphatic carbocycles. The van der Waals surface area contributed by atoms with E-state index in [1.807, 2.05) is 20.8 Å². The molecule has 0 aromatic heterocycles. The third kappa shape index (κ3) is 5.47. The molecule has 0 spiro atoms. The maximum Gasteiger partial charge on any atom is 0.338 e. The van der Waals surface area contributed by atoms with Crippen LogP contribution in [0.1, 0.15) is 41.8 Å². The predicted octanol–water partition coefficient (Wildman–Crippen LogP) is 4.93. The number of esters is 1. The van der Waals surface area contributed by atoms with Crippen LogP contribution in [0.3, 0.4) is 0 Å². The average molecular weight is 390 g/mol. The monoisotopic (exact) mass is 389 g/mol. The van der Waals surface area contributed by atoms with Crippen molar-refractivity contribution >= 4 is 29.2 Å². The summed E-state index contributed by atoms with van der Waals surface area (Å²) in [4.78, 5) is 24.4. The number of rotatable bonds is 7. The Morgan fingerprint density at radius 1 is 1.07 bits per heavy atom. The number of benzene rings is 2. The minimum absolute atomic E-state index is 0.253. The highest BCUT2D eigenvalue weighted by Gasteiger charge is 2.20. The lowest BCUT2D eigenvalue weighted by atomic mass is 10.1. The number of hydrogen-bond donors (Lipinski definition) is 1. The van der Waals surface area contributed by atoms with E-state index in [1.165, 1.54) is 0 Å². The van der Waals surface area contributed by atoms with Gasteiger partial charge in [0.1, 0.15) is 5.75 Å². The minimum atomic E-state index is -0.644. The van der Waals surface area contributed by atoms with Gasteiger partial charge in [-0.3, -0.25) is 4.79 Å². The van der Waals surface area contributed by atoms with Crippen LogP contribution in [0.5, 0.6) is 5.75 Å². The van der Waals surface area contributed by atoms with Crippen molar-refractivity contribution in [2.45, 2.75) is 40.2 Å². The van der Waals surface area contributed by atoms with Crippen LogP contribution >= 0.6 is 11.6 Å². The summed E-state index contributed by atoms with van der Waals surface area (Å²) in [6, 6.07) is 10.3. The van der Waals surface area contributed by atoms with Crippen LogP contribution in [0.25, 0.3) is 0 Å². The number of nitrogens with one attached hydrogen (secondary N) is 1. The summed E-state index contributed by atoms with van der Waals surface area (Å²) < 4.78 is 10.8. The molecule has 0 saturated carbocycles. The van der Waals surface area contributed by atoms with Gasteiger partial charge in [0.25, 0.3) is 5.91 Å². The minimum Gasteiger partial charge on any atom is -0.481 e. The van der Waals surface area contributed by atoms with Gasteiger partial charge in [0, 0.05) is 10.7 Å². The summed E-state index contributed by atoms with van der Waals surface area (Å²) in [6.45, 7) is 7.65. The second-order valence-corrected chi connectivity index (χ2v) is 6.57. The first-order valence-corrected chi connectivity index (χ1v) is 9.25. The third-order valence-corrected chi connectivity index (χ3v) is 4.49. The van der Waals surface area contributed by atoms with E-state index in [9.17, 15) is 9.59 Å². The maximum atomic E-state index is 12.6. The van der Waals surface area contributed by atoms with Crippen molar-refractivity contribution in [2.24, 2.45) is 0 Å². The summed E-state index contributed by atoms with van der Waals surface area (Å²) >= 11 is 6.03. The first-order valence-electron chi connectivity index (χ1n) is 8.87. The first-order chi connectivity index (χ1) is 12.8.